The van der Waals surface area contributed by atoms with Crippen molar-refractivity contribution in [3.8, 4) is 5.75 Å². The zero-order valence-corrected chi connectivity index (χ0v) is 14.4. The second-order valence-electron chi connectivity index (χ2n) is 6.70. The number of nitro groups is 1. The average Bonchev–Trinajstić information content (AvgIpc) is 2.43. The first-order valence-electron chi connectivity index (χ1n) is 8.06. The van der Waals surface area contributed by atoms with Gasteiger partial charge in [-0.3, -0.25) is 10.1 Å². The molecule has 1 rings (SSSR count). The number of ether oxygens (including phenoxy) is 1. The Balaban J connectivity index is 2.58. The maximum atomic E-state index is 10.9. The van der Waals surface area contributed by atoms with E-state index in [0.29, 0.717) is 18.4 Å². The van der Waals surface area contributed by atoms with Gasteiger partial charge in [0.1, 0.15) is 12.7 Å². The monoisotopic (exact) mass is 324 g/mol. The number of benzene rings is 1. The van der Waals surface area contributed by atoms with Crippen molar-refractivity contribution in [2.45, 2.75) is 33.8 Å². The highest BCUT2D eigenvalue weighted by Gasteiger charge is 2.18. The molecule has 0 saturated carbocycles. The lowest BCUT2D eigenvalue weighted by Crippen LogP contribution is -2.39. The molecule has 0 bridgehead atoms. The molecular weight excluding hydrogens is 296 g/mol. The third kappa shape index (κ3) is 7.43. The molecule has 0 radical (unpaired) electrons. The Morgan fingerprint density at radius 2 is 1.70 bits per heavy atom. The van der Waals surface area contributed by atoms with Crippen LogP contribution < -0.4 is 4.74 Å². The molecule has 1 aromatic rings. The summed E-state index contributed by atoms with van der Waals surface area (Å²) < 4.78 is 5.45. The Labute approximate surface area is 138 Å². The number of hydrogen-bond acceptors (Lipinski definition) is 5. The van der Waals surface area contributed by atoms with Crippen LogP contribution in [-0.2, 0) is 0 Å². The van der Waals surface area contributed by atoms with E-state index in [0.717, 1.165) is 13.1 Å². The molecule has 23 heavy (non-hydrogen) atoms. The maximum absolute atomic E-state index is 10.9. The lowest BCUT2D eigenvalue weighted by molar-refractivity contribution is -0.385. The number of hydrogen-bond donors (Lipinski definition) is 1. The highest BCUT2D eigenvalue weighted by molar-refractivity contribution is 5.45. The van der Waals surface area contributed by atoms with E-state index in [1.54, 1.807) is 18.2 Å². The predicted octanol–water partition coefficient (Wildman–Crippen LogP) is 2.95. The quantitative estimate of drug-likeness (QED) is 0.529. The first-order chi connectivity index (χ1) is 10.8. The molecule has 1 aromatic carbocycles. The molecule has 130 valence electrons. The minimum Gasteiger partial charge on any atom is -0.484 e. The van der Waals surface area contributed by atoms with Gasteiger partial charge in [-0.25, -0.2) is 0 Å². The first-order valence-corrected chi connectivity index (χ1v) is 8.06. The normalized spacial score (nSPS) is 12.9. The minimum absolute atomic E-state index is 0.0392. The van der Waals surface area contributed by atoms with E-state index < -0.39 is 11.0 Å². The maximum Gasteiger partial charge on any atom is 0.310 e. The van der Waals surface area contributed by atoms with Crippen LogP contribution in [0.15, 0.2) is 24.3 Å². The minimum atomic E-state index is -0.688. The number of para-hydroxylation sites is 2. The SMILES string of the molecule is CC(C)CN(CC(C)C)CC(O)COc1ccccc1[N+](=O)[O-]. The van der Waals surface area contributed by atoms with Crippen LogP contribution in [0.2, 0.25) is 0 Å². The fourth-order valence-corrected chi connectivity index (χ4v) is 2.52. The highest BCUT2D eigenvalue weighted by atomic mass is 16.6. The van der Waals surface area contributed by atoms with Crippen molar-refractivity contribution in [3.63, 3.8) is 0 Å². The van der Waals surface area contributed by atoms with Gasteiger partial charge in [0.05, 0.1) is 4.92 Å². The lowest BCUT2D eigenvalue weighted by Gasteiger charge is -2.28. The van der Waals surface area contributed by atoms with E-state index in [1.165, 1.54) is 6.07 Å². The molecule has 0 fully saturated rings. The number of rotatable bonds is 10. The van der Waals surface area contributed by atoms with E-state index in [9.17, 15) is 15.2 Å². The van der Waals surface area contributed by atoms with Crippen LogP contribution in [0.25, 0.3) is 0 Å². The predicted molar refractivity (Wildman–Crippen MR) is 90.7 cm³/mol. The second-order valence-corrected chi connectivity index (χ2v) is 6.70. The van der Waals surface area contributed by atoms with E-state index in [1.807, 2.05) is 0 Å². The van der Waals surface area contributed by atoms with Crippen LogP contribution in [0.3, 0.4) is 0 Å². The summed E-state index contributed by atoms with van der Waals surface area (Å²) in [5.41, 5.74) is -0.0825. The Morgan fingerprint density at radius 3 is 2.22 bits per heavy atom. The second kappa shape index (κ2) is 9.47. The summed E-state index contributed by atoms with van der Waals surface area (Å²) in [4.78, 5) is 12.7. The Hall–Kier alpha value is -1.66. The lowest BCUT2D eigenvalue weighted by atomic mass is 10.1. The number of aliphatic hydroxyl groups excluding tert-OH is 1. The van der Waals surface area contributed by atoms with Crippen molar-refractivity contribution in [2.24, 2.45) is 11.8 Å². The molecule has 0 aliphatic rings. The van der Waals surface area contributed by atoms with Crippen molar-refractivity contribution in [3.05, 3.63) is 34.4 Å². The zero-order valence-electron chi connectivity index (χ0n) is 14.4. The van der Waals surface area contributed by atoms with Gasteiger partial charge in [-0.15, -0.1) is 0 Å². The van der Waals surface area contributed by atoms with Gasteiger partial charge in [0, 0.05) is 25.7 Å². The van der Waals surface area contributed by atoms with Crippen LogP contribution >= 0.6 is 0 Å². The first kappa shape index (κ1) is 19.4. The summed E-state index contributed by atoms with van der Waals surface area (Å²) in [6, 6.07) is 6.21. The van der Waals surface area contributed by atoms with Crippen molar-refractivity contribution in [1.29, 1.82) is 0 Å². The van der Waals surface area contributed by atoms with Gasteiger partial charge in [0.25, 0.3) is 0 Å². The smallest absolute Gasteiger partial charge is 0.310 e. The molecule has 1 unspecified atom stereocenters. The average molecular weight is 324 g/mol. The Kier molecular flexibility index (Phi) is 7.98. The van der Waals surface area contributed by atoms with Gasteiger partial charge in [0.2, 0.25) is 0 Å². The Bertz CT molecular complexity index is 481. The standard InChI is InChI=1S/C17H28N2O4/c1-13(2)9-18(10-14(3)4)11-15(20)12-23-17-8-6-5-7-16(17)19(21)22/h5-8,13-15,20H,9-12H2,1-4H3. The largest absolute Gasteiger partial charge is 0.484 e. The van der Waals surface area contributed by atoms with Gasteiger partial charge in [-0.1, -0.05) is 39.8 Å². The molecular formula is C17H28N2O4. The zero-order chi connectivity index (χ0) is 17.4. The highest BCUT2D eigenvalue weighted by Crippen LogP contribution is 2.25. The summed E-state index contributed by atoms with van der Waals surface area (Å²) in [6.07, 6.45) is -0.688. The van der Waals surface area contributed by atoms with Crippen molar-refractivity contribution in [2.75, 3.05) is 26.2 Å². The van der Waals surface area contributed by atoms with Gasteiger partial charge in [-0.05, 0) is 17.9 Å². The molecule has 6 heteroatoms. The van der Waals surface area contributed by atoms with Crippen LogP contribution in [0, 0.1) is 22.0 Å². The van der Waals surface area contributed by atoms with Crippen LogP contribution in [0.1, 0.15) is 27.7 Å². The van der Waals surface area contributed by atoms with Crippen LogP contribution in [-0.4, -0.2) is 47.3 Å². The Morgan fingerprint density at radius 1 is 1.13 bits per heavy atom. The molecule has 0 heterocycles. The van der Waals surface area contributed by atoms with Gasteiger partial charge in [0.15, 0.2) is 5.75 Å². The molecule has 0 saturated heterocycles. The fraction of sp³-hybridized carbons (Fsp3) is 0.647. The molecule has 0 amide bonds. The van der Waals surface area contributed by atoms with Gasteiger partial charge >= 0.3 is 5.69 Å². The number of aliphatic hydroxyl groups is 1. The molecule has 0 aliphatic carbocycles. The summed E-state index contributed by atoms with van der Waals surface area (Å²) in [5, 5.41) is 21.1. The van der Waals surface area contributed by atoms with Gasteiger partial charge < -0.3 is 14.7 Å². The van der Waals surface area contributed by atoms with E-state index >= 15 is 0 Å². The fourth-order valence-electron chi connectivity index (χ4n) is 2.52. The summed E-state index contributed by atoms with van der Waals surface area (Å²) in [6.45, 7) is 10.9. The molecule has 0 spiro atoms. The number of nitro benzene ring substituents is 1. The van der Waals surface area contributed by atoms with E-state index in [-0.39, 0.29) is 18.0 Å². The summed E-state index contributed by atoms with van der Waals surface area (Å²) >= 11 is 0. The van der Waals surface area contributed by atoms with E-state index in [4.69, 9.17) is 4.74 Å². The summed E-state index contributed by atoms with van der Waals surface area (Å²) in [7, 11) is 0. The van der Waals surface area contributed by atoms with Crippen molar-refractivity contribution >= 4 is 5.69 Å². The number of nitrogens with zero attached hydrogens (tertiary/aromatic N) is 2. The molecule has 0 aliphatic heterocycles. The molecule has 0 aromatic heterocycles. The molecule has 6 nitrogen and oxygen atoms in total. The topological polar surface area (TPSA) is 75.8 Å². The molecule has 1 N–H and O–H groups in total. The van der Waals surface area contributed by atoms with Crippen molar-refractivity contribution in [1.82, 2.24) is 4.90 Å². The van der Waals surface area contributed by atoms with Crippen LogP contribution in [0.4, 0.5) is 5.69 Å². The summed E-state index contributed by atoms with van der Waals surface area (Å²) in [5.74, 6) is 1.21. The van der Waals surface area contributed by atoms with Crippen LogP contribution in [0.5, 0.6) is 5.75 Å². The van der Waals surface area contributed by atoms with E-state index in [2.05, 4.69) is 32.6 Å². The van der Waals surface area contributed by atoms with Crippen molar-refractivity contribution < 1.29 is 14.8 Å². The third-order valence-corrected chi connectivity index (χ3v) is 3.21. The van der Waals surface area contributed by atoms with Gasteiger partial charge in [-0.2, -0.15) is 0 Å². The third-order valence-electron chi connectivity index (χ3n) is 3.21. The molecule has 1 atom stereocenters.